The highest BCUT2D eigenvalue weighted by molar-refractivity contribution is 5.83. The number of nitrogens with zero attached hydrogens (tertiary/aromatic N) is 5. The number of aromatic nitrogens is 3. The van der Waals surface area contributed by atoms with E-state index in [2.05, 4.69) is 15.6 Å². The maximum atomic E-state index is 11.8. The molecule has 3 amide bonds. The van der Waals surface area contributed by atoms with Crippen molar-refractivity contribution in [1.29, 1.82) is 0 Å². The highest BCUT2D eigenvalue weighted by Gasteiger charge is 2.14. The fourth-order valence-corrected chi connectivity index (χ4v) is 1.35. The van der Waals surface area contributed by atoms with E-state index in [0.29, 0.717) is 5.69 Å². The Morgan fingerprint density at radius 1 is 1.33 bits per heavy atom. The predicted octanol–water partition coefficient (Wildman–Crippen LogP) is -1.41. The Balaban J connectivity index is 2.43. The van der Waals surface area contributed by atoms with Crippen LogP contribution in [0.25, 0.3) is 0 Å². The summed E-state index contributed by atoms with van der Waals surface area (Å²) < 4.78 is 1.16. The molecule has 1 rings (SSSR count). The number of carboxylic acid groups (broad SMARTS) is 1. The molecule has 1 aromatic rings. The summed E-state index contributed by atoms with van der Waals surface area (Å²) in [7, 11) is 4.71. The van der Waals surface area contributed by atoms with Crippen molar-refractivity contribution in [2.45, 2.75) is 13.1 Å². The van der Waals surface area contributed by atoms with Crippen molar-refractivity contribution in [1.82, 2.24) is 30.1 Å². The molecule has 0 bridgehead atoms. The van der Waals surface area contributed by atoms with E-state index in [1.165, 1.54) is 23.0 Å². The van der Waals surface area contributed by atoms with Crippen LogP contribution in [0.2, 0.25) is 0 Å². The number of carbonyl (C=O) groups excluding carboxylic acids is 2. The van der Waals surface area contributed by atoms with Gasteiger partial charge in [0.25, 0.3) is 0 Å². The van der Waals surface area contributed by atoms with Crippen LogP contribution in [0.1, 0.15) is 5.69 Å². The van der Waals surface area contributed by atoms with E-state index in [4.69, 9.17) is 5.11 Å². The monoisotopic (exact) mass is 298 g/mol. The second kappa shape index (κ2) is 7.22. The largest absolute Gasteiger partial charge is 0.480 e. The SMILES string of the molecule is CN(C)C(=O)CN(C)C(=O)NCc1cn(CC(=O)O)nn1. The van der Waals surface area contributed by atoms with Gasteiger partial charge in [-0.3, -0.25) is 9.59 Å². The molecule has 10 nitrogen and oxygen atoms in total. The number of hydrogen-bond acceptors (Lipinski definition) is 5. The summed E-state index contributed by atoms with van der Waals surface area (Å²) in [6.07, 6.45) is 1.43. The van der Waals surface area contributed by atoms with E-state index in [0.717, 1.165) is 4.68 Å². The standard InChI is InChI=1S/C11H18N6O4/c1-15(2)9(18)6-16(3)11(21)12-4-8-5-17(14-13-8)7-10(19)20/h5H,4,6-7H2,1-3H3,(H,12,21)(H,19,20). The van der Waals surface area contributed by atoms with Gasteiger partial charge >= 0.3 is 12.0 Å². The average molecular weight is 298 g/mol. The van der Waals surface area contributed by atoms with Crippen LogP contribution >= 0.6 is 0 Å². The Labute approximate surface area is 121 Å². The molecule has 0 aliphatic heterocycles. The molecule has 0 unspecified atom stereocenters. The lowest BCUT2D eigenvalue weighted by molar-refractivity contribution is -0.138. The van der Waals surface area contributed by atoms with Crippen molar-refractivity contribution in [2.75, 3.05) is 27.7 Å². The Bertz CT molecular complexity index is 527. The summed E-state index contributed by atoms with van der Waals surface area (Å²) in [5.74, 6) is -1.22. The highest BCUT2D eigenvalue weighted by atomic mass is 16.4. The van der Waals surface area contributed by atoms with E-state index in [1.54, 1.807) is 14.1 Å². The third-order valence-corrected chi connectivity index (χ3v) is 2.52. The van der Waals surface area contributed by atoms with Crippen LogP contribution in [0.3, 0.4) is 0 Å². The van der Waals surface area contributed by atoms with Gasteiger partial charge in [-0.1, -0.05) is 5.21 Å². The first kappa shape index (κ1) is 16.4. The van der Waals surface area contributed by atoms with E-state index in [1.807, 2.05) is 0 Å². The molecule has 1 aromatic heterocycles. The predicted molar refractivity (Wildman–Crippen MR) is 71.2 cm³/mol. The molecule has 21 heavy (non-hydrogen) atoms. The van der Waals surface area contributed by atoms with Crippen LogP contribution in [0.15, 0.2) is 6.20 Å². The molecule has 0 aliphatic carbocycles. The van der Waals surface area contributed by atoms with Crippen molar-refractivity contribution < 1.29 is 19.5 Å². The fraction of sp³-hybridized carbons (Fsp3) is 0.545. The maximum absolute atomic E-state index is 11.8. The summed E-state index contributed by atoms with van der Waals surface area (Å²) in [5.41, 5.74) is 0.428. The lowest BCUT2D eigenvalue weighted by atomic mass is 10.4. The summed E-state index contributed by atoms with van der Waals surface area (Å²) in [6, 6.07) is -0.432. The van der Waals surface area contributed by atoms with Crippen LogP contribution in [0, 0.1) is 0 Å². The number of amides is 3. The normalized spacial score (nSPS) is 10.0. The number of hydrogen-bond donors (Lipinski definition) is 2. The van der Waals surface area contributed by atoms with Crippen LogP contribution in [0.5, 0.6) is 0 Å². The molecule has 2 N–H and O–H groups in total. The summed E-state index contributed by atoms with van der Waals surface area (Å²) in [5, 5.41) is 18.5. The zero-order chi connectivity index (χ0) is 16.0. The molecule has 0 aromatic carbocycles. The highest BCUT2D eigenvalue weighted by Crippen LogP contribution is 1.94. The van der Waals surface area contributed by atoms with Gasteiger partial charge in [0.15, 0.2) is 0 Å². The Hall–Kier alpha value is -2.65. The summed E-state index contributed by atoms with van der Waals surface area (Å²) >= 11 is 0. The van der Waals surface area contributed by atoms with Gasteiger partial charge in [-0.25, -0.2) is 9.48 Å². The molecular weight excluding hydrogens is 280 g/mol. The van der Waals surface area contributed by atoms with Gasteiger partial charge in [-0.2, -0.15) is 0 Å². The topological polar surface area (TPSA) is 121 Å². The third kappa shape index (κ3) is 5.47. The minimum atomic E-state index is -1.03. The zero-order valence-electron chi connectivity index (χ0n) is 12.1. The van der Waals surface area contributed by atoms with Crippen molar-refractivity contribution in [2.24, 2.45) is 0 Å². The van der Waals surface area contributed by atoms with Gasteiger partial charge in [-0.05, 0) is 0 Å². The minimum absolute atomic E-state index is 0.0372. The average Bonchev–Trinajstić information content (AvgIpc) is 2.82. The lowest BCUT2D eigenvalue weighted by Crippen LogP contribution is -2.42. The number of rotatable bonds is 6. The first-order valence-corrected chi connectivity index (χ1v) is 6.09. The molecule has 0 aliphatic rings. The Morgan fingerprint density at radius 2 is 2.00 bits per heavy atom. The molecule has 0 fully saturated rings. The summed E-state index contributed by atoms with van der Waals surface area (Å²) in [6.45, 7) is -0.234. The molecule has 1 heterocycles. The maximum Gasteiger partial charge on any atom is 0.325 e. The van der Waals surface area contributed by atoms with Crippen molar-refractivity contribution >= 4 is 17.9 Å². The van der Waals surface area contributed by atoms with Crippen molar-refractivity contribution in [3.05, 3.63) is 11.9 Å². The minimum Gasteiger partial charge on any atom is -0.480 e. The number of urea groups is 1. The van der Waals surface area contributed by atoms with Gasteiger partial charge in [0.1, 0.15) is 18.8 Å². The molecule has 116 valence electrons. The van der Waals surface area contributed by atoms with Gasteiger partial charge in [0.05, 0.1) is 12.7 Å². The van der Waals surface area contributed by atoms with E-state index >= 15 is 0 Å². The number of likely N-dealkylation sites (N-methyl/N-ethyl adjacent to an activating group) is 2. The van der Waals surface area contributed by atoms with Crippen LogP contribution in [-0.2, 0) is 22.7 Å². The quantitative estimate of drug-likeness (QED) is 0.666. The molecule has 0 radical (unpaired) electrons. The first-order chi connectivity index (χ1) is 9.79. The molecule has 0 spiro atoms. The van der Waals surface area contributed by atoms with Crippen LogP contribution in [-0.4, -0.2) is 75.5 Å². The van der Waals surface area contributed by atoms with Gasteiger partial charge in [0.2, 0.25) is 5.91 Å². The molecule has 10 heteroatoms. The number of aliphatic carboxylic acids is 1. The zero-order valence-corrected chi connectivity index (χ0v) is 12.1. The van der Waals surface area contributed by atoms with Crippen LogP contribution < -0.4 is 5.32 Å². The first-order valence-electron chi connectivity index (χ1n) is 6.09. The van der Waals surface area contributed by atoms with Gasteiger partial charge < -0.3 is 20.2 Å². The van der Waals surface area contributed by atoms with E-state index < -0.39 is 12.0 Å². The molecule has 0 saturated heterocycles. The second-order valence-corrected chi connectivity index (χ2v) is 4.60. The van der Waals surface area contributed by atoms with Crippen LogP contribution in [0.4, 0.5) is 4.79 Å². The molecule has 0 saturated carbocycles. The smallest absolute Gasteiger partial charge is 0.325 e. The lowest BCUT2D eigenvalue weighted by Gasteiger charge is -2.19. The van der Waals surface area contributed by atoms with Gasteiger partial charge in [0, 0.05) is 21.1 Å². The fourth-order valence-electron chi connectivity index (χ4n) is 1.35. The molecular formula is C11H18N6O4. The molecule has 0 atom stereocenters. The van der Waals surface area contributed by atoms with Gasteiger partial charge in [-0.15, -0.1) is 5.10 Å². The third-order valence-electron chi connectivity index (χ3n) is 2.52. The van der Waals surface area contributed by atoms with E-state index in [9.17, 15) is 14.4 Å². The Kier molecular flexibility index (Phi) is 5.64. The summed E-state index contributed by atoms with van der Waals surface area (Å²) in [4.78, 5) is 36.3. The van der Waals surface area contributed by atoms with Crippen molar-refractivity contribution in [3.63, 3.8) is 0 Å². The van der Waals surface area contributed by atoms with E-state index in [-0.39, 0.29) is 25.5 Å². The number of nitrogens with one attached hydrogen (secondary N) is 1. The number of carboxylic acids is 1. The number of carbonyl (C=O) groups is 3. The second-order valence-electron chi connectivity index (χ2n) is 4.60. The van der Waals surface area contributed by atoms with Crippen molar-refractivity contribution in [3.8, 4) is 0 Å². The Morgan fingerprint density at radius 3 is 2.57 bits per heavy atom.